The van der Waals surface area contributed by atoms with Crippen LogP contribution in [-0.2, 0) is 6.54 Å². The Labute approximate surface area is 99.7 Å². The van der Waals surface area contributed by atoms with E-state index in [4.69, 9.17) is 4.42 Å². The minimum atomic E-state index is -0.272. The highest BCUT2D eigenvalue weighted by Gasteiger charge is 2.10. The standard InChI is InChI=1S/C13H15FN2O/c1-2-6-15-8-12-13(17-9-16-12)10-4-3-5-11(14)7-10/h3-5,7,9,15H,2,6,8H2,1H3. The Bertz CT molecular complexity index is 482. The number of hydrogen-bond acceptors (Lipinski definition) is 3. The Morgan fingerprint density at radius 3 is 3.06 bits per heavy atom. The van der Waals surface area contributed by atoms with Crippen LogP contribution in [0.4, 0.5) is 4.39 Å². The summed E-state index contributed by atoms with van der Waals surface area (Å²) in [5.41, 5.74) is 1.53. The molecule has 0 aliphatic heterocycles. The molecule has 2 aromatic rings. The number of rotatable bonds is 5. The van der Waals surface area contributed by atoms with Crippen LogP contribution in [0.3, 0.4) is 0 Å². The highest BCUT2D eigenvalue weighted by atomic mass is 19.1. The summed E-state index contributed by atoms with van der Waals surface area (Å²) >= 11 is 0. The molecular formula is C13H15FN2O. The number of hydrogen-bond donors (Lipinski definition) is 1. The molecule has 90 valence electrons. The molecule has 0 unspecified atom stereocenters. The quantitative estimate of drug-likeness (QED) is 0.808. The first kappa shape index (κ1) is 11.8. The van der Waals surface area contributed by atoms with Crippen LogP contribution in [0.5, 0.6) is 0 Å². The summed E-state index contributed by atoms with van der Waals surface area (Å²) in [5, 5.41) is 3.25. The lowest BCUT2D eigenvalue weighted by Crippen LogP contribution is -2.14. The summed E-state index contributed by atoms with van der Waals surface area (Å²) in [5.74, 6) is 0.361. The second kappa shape index (κ2) is 5.59. The van der Waals surface area contributed by atoms with E-state index in [9.17, 15) is 4.39 Å². The summed E-state index contributed by atoms with van der Waals surface area (Å²) in [7, 11) is 0. The van der Waals surface area contributed by atoms with Crippen molar-refractivity contribution in [1.82, 2.24) is 10.3 Å². The molecule has 0 bridgehead atoms. The SMILES string of the molecule is CCCNCc1ncoc1-c1cccc(F)c1. The van der Waals surface area contributed by atoms with Gasteiger partial charge in [-0.05, 0) is 25.1 Å². The molecule has 0 fully saturated rings. The van der Waals surface area contributed by atoms with Crippen molar-refractivity contribution in [2.45, 2.75) is 19.9 Å². The minimum Gasteiger partial charge on any atom is -0.443 e. The zero-order valence-electron chi connectivity index (χ0n) is 9.74. The lowest BCUT2D eigenvalue weighted by molar-refractivity contribution is 0.567. The molecule has 0 atom stereocenters. The maximum atomic E-state index is 13.1. The topological polar surface area (TPSA) is 38.1 Å². The largest absolute Gasteiger partial charge is 0.443 e. The number of nitrogens with zero attached hydrogens (tertiary/aromatic N) is 1. The predicted octanol–water partition coefficient (Wildman–Crippen LogP) is 2.98. The summed E-state index contributed by atoms with van der Waals surface area (Å²) in [6.07, 6.45) is 2.45. The van der Waals surface area contributed by atoms with Crippen molar-refractivity contribution in [3.05, 3.63) is 42.2 Å². The van der Waals surface area contributed by atoms with Crippen molar-refractivity contribution in [2.75, 3.05) is 6.54 Å². The average molecular weight is 234 g/mol. The predicted molar refractivity (Wildman–Crippen MR) is 63.9 cm³/mol. The van der Waals surface area contributed by atoms with Crippen molar-refractivity contribution < 1.29 is 8.81 Å². The van der Waals surface area contributed by atoms with E-state index in [1.54, 1.807) is 6.07 Å². The van der Waals surface area contributed by atoms with E-state index < -0.39 is 0 Å². The van der Waals surface area contributed by atoms with Gasteiger partial charge in [-0.3, -0.25) is 0 Å². The smallest absolute Gasteiger partial charge is 0.181 e. The molecule has 0 aliphatic rings. The third-order valence-corrected chi connectivity index (χ3v) is 2.45. The summed E-state index contributed by atoms with van der Waals surface area (Å²) < 4.78 is 18.4. The van der Waals surface area contributed by atoms with Crippen LogP contribution in [0, 0.1) is 5.82 Å². The zero-order valence-corrected chi connectivity index (χ0v) is 9.74. The van der Waals surface area contributed by atoms with Crippen molar-refractivity contribution in [2.24, 2.45) is 0 Å². The molecule has 17 heavy (non-hydrogen) atoms. The third-order valence-electron chi connectivity index (χ3n) is 2.45. The number of halogens is 1. The highest BCUT2D eigenvalue weighted by molar-refractivity contribution is 5.59. The first-order chi connectivity index (χ1) is 8.31. The van der Waals surface area contributed by atoms with E-state index in [-0.39, 0.29) is 5.82 Å². The molecule has 0 spiro atoms. The normalized spacial score (nSPS) is 10.7. The van der Waals surface area contributed by atoms with Crippen LogP contribution in [0.2, 0.25) is 0 Å². The Hall–Kier alpha value is -1.68. The minimum absolute atomic E-state index is 0.272. The third kappa shape index (κ3) is 2.91. The van der Waals surface area contributed by atoms with Gasteiger partial charge in [0.2, 0.25) is 0 Å². The van der Waals surface area contributed by atoms with E-state index in [1.807, 2.05) is 6.07 Å². The van der Waals surface area contributed by atoms with Crippen LogP contribution >= 0.6 is 0 Å². The maximum absolute atomic E-state index is 13.1. The fourth-order valence-corrected chi connectivity index (χ4v) is 1.64. The van der Waals surface area contributed by atoms with Crippen molar-refractivity contribution in [3.8, 4) is 11.3 Å². The second-order valence-corrected chi connectivity index (χ2v) is 3.82. The van der Waals surface area contributed by atoms with E-state index >= 15 is 0 Å². The van der Waals surface area contributed by atoms with Crippen molar-refractivity contribution in [3.63, 3.8) is 0 Å². The fraction of sp³-hybridized carbons (Fsp3) is 0.308. The lowest BCUT2D eigenvalue weighted by Gasteiger charge is -2.02. The summed E-state index contributed by atoms with van der Waals surface area (Å²) in [4.78, 5) is 4.14. The van der Waals surface area contributed by atoms with E-state index in [0.29, 0.717) is 12.3 Å². The average Bonchev–Trinajstić information content (AvgIpc) is 2.78. The summed E-state index contributed by atoms with van der Waals surface area (Å²) in [6, 6.07) is 6.34. The van der Waals surface area contributed by atoms with E-state index in [2.05, 4.69) is 17.2 Å². The van der Waals surface area contributed by atoms with E-state index in [0.717, 1.165) is 24.2 Å². The monoisotopic (exact) mass is 234 g/mol. The van der Waals surface area contributed by atoms with Crippen molar-refractivity contribution >= 4 is 0 Å². The van der Waals surface area contributed by atoms with Gasteiger partial charge in [0.1, 0.15) is 11.5 Å². The van der Waals surface area contributed by atoms with Gasteiger partial charge in [-0.15, -0.1) is 0 Å². The Morgan fingerprint density at radius 2 is 2.29 bits per heavy atom. The van der Waals surface area contributed by atoms with Crippen LogP contribution in [-0.4, -0.2) is 11.5 Å². The molecule has 0 radical (unpaired) electrons. The molecule has 1 aromatic carbocycles. The number of aromatic nitrogens is 1. The van der Waals surface area contributed by atoms with Gasteiger partial charge in [0.25, 0.3) is 0 Å². The Balaban J connectivity index is 2.18. The van der Waals surface area contributed by atoms with Gasteiger partial charge in [0.15, 0.2) is 12.2 Å². The van der Waals surface area contributed by atoms with Crippen LogP contribution < -0.4 is 5.32 Å². The molecule has 2 rings (SSSR count). The molecule has 0 saturated carbocycles. The zero-order chi connectivity index (χ0) is 12.1. The first-order valence-electron chi connectivity index (χ1n) is 5.70. The van der Waals surface area contributed by atoms with Crippen LogP contribution in [0.25, 0.3) is 11.3 Å². The molecule has 0 saturated heterocycles. The Kier molecular flexibility index (Phi) is 3.88. The Morgan fingerprint density at radius 1 is 1.41 bits per heavy atom. The molecule has 0 aliphatic carbocycles. The molecular weight excluding hydrogens is 219 g/mol. The van der Waals surface area contributed by atoms with E-state index in [1.165, 1.54) is 18.5 Å². The fourth-order valence-electron chi connectivity index (χ4n) is 1.64. The van der Waals surface area contributed by atoms with Gasteiger partial charge in [-0.1, -0.05) is 19.1 Å². The number of oxazole rings is 1. The molecule has 1 N–H and O–H groups in total. The molecule has 0 amide bonds. The van der Waals surface area contributed by atoms with Gasteiger partial charge < -0.3 is 9.73 Å². The van der Waals surface area contributed by atoms with Gasteiger partial charge in [-0.25, -0.2) is 9.37 Å². The molecule has 1 aromatic heterocycles. The second-order valence-electron chi connectivity index (χ2n) is 3.82. The molecule has 4 heteroatoms. The van der Waals surface area contributed by atoms with Crippen molar-refractivity contribution in [1.29, 1.82) is 0 Å². The molecule has 1 heterocycles. The van der Waals surface area contributed by atoms with Crippen LogP contribution in [0.15, 0.2) is 35.1 Å². The number of benzene rings is 1. The lowest BCUT2D eigenvalue weighted by atomic mass is 10.1. The number of nitrogens with one attached hydrogen (secondary N) is 1. The highest BCUT2D eigenvalue weighted by Crippen LogP contribution is 2.23. The molecule has 3 nitrogen and oxygen atoms in total. The van der Waals surface area contributed by atoms with Gasteiger partial charge in [0.05, 0.1) is 0 Å². The van der Waals surface area contributed by atoms with Gasteiger partial charge in [-0.2, -0.15) is 0 Å². The van der Waals surface area contributed by atoms with Crippen LogP contribution in [0.1, 0.15) is 19.0 Å². The summed E-state index contributed by atoms with van der Waals surface area (Å²) in [6.45, 7) is 3.66. The van der Waals surface area contributed by atoms with Gasteiger partial charge >= 0.3 is 0 Å². The van der Waals surface area contributed by atoms with Gasteiger partial charge in [0, 0.05) is 12.1 Å². The first-order valence-corrected chi connectivity index (χ1v) is 5.70. The maximum Gasteiger partial charge on any atom is 0.181 e.